The highest BCUT2D eigenvalue weighted by Gasteiger charge is 2.47. The molecular formula is C25H29Cl2NO2. The van der Waals surface area contributed by atoms with Gasteiger partial charge in [0.25, 0.3) is 0 Å². The fraction of sp³-hybridized carbons (Fsp3) is 0.520. The Hall–Kier alpha value is -1.42. The second kappa shape index (κ2) is 8.61. The number of halogens is 2. The first kappa shape index (κ1) is 20.5. The van der Waals surface area contributed by atoms with Crippen LogP contribution < -0.4 is 14.8 Å². The van der Waals surface area contributed by atoms with Gasteiger partial charge in [-0.2, -0.15) is 0 Å². The van der Waals surface area contributed by atoms with Crippen molar-refractivity contribution in [2.24, 2.45) is 23.7 Å². The van der Waals surface area contributed by atoms with E-state index >= 15 is 0 Å². The van der Waals surface area contributed by atoms with Crippen LogP contribution in [0.4, 0.5) is 0 Å². The summed E-state index contributed by atoms with van der Waals surface area (Å²) in [5, 5.41) is 5.26. The first-order chi connectivity index (χ1) is 14.6. The van der Waals surface area contributed by atoms with Crippen LogP contribution in [-0.4, -0.2) is 13.2 Å². The van der Waals surface area contributed by atoms with Crippen molar-refractivity contribution < 1.29 is 9.47 Å². The Morgan fingerprint density at radius 3 is 2.23 bits per heavy atom. The van der Waals surface area contributed by atoms with Gasteiger partial charge in [-0.15, -0.1) is 0 Å². The Morgan fingerprint density at radius 1 is 0.867 bits per heavy atom. The van der Waals surface area contributed by atoms with Crippen LogP contribution in [0.25, 0.3) is 0 Å². The van der Waals surface area contributed by atoms with Crippen LogP contribution in [0, 0.1) is 23.7 Å². The zero-order valence-electron chi connectivity index (χ0n) is 17.4. The number of rotatable bonds is 7. The Kier molecular flexibility index (Phi) is 5.88. The summed E-state index contributed by atoms with van der Waals surface area (Å²) >= 11 is 12.9. The lowest BCUT2D eigenvalue weighted by Gasteiger charge is -2.54. The van der Waals surface area contributed by atoms with Gasteiger partial charge in [-0.3, -0.25) is 0 Å². The van der Waals surface area contributed by atoms with E-state index in [0.717, 1.165) is 41.3 Å². The summed E-state index contributed by atoms with van der Waals surface area (Å²) in [6.07, 6.45) is 7.14. The average Bonchev–Trinajstić information content (AvgIpc) is 2.73. The summed E-state index contributed by atoms with van der Waals surface area (Å²) in [7, 11) is 1.67. The normalized spacial score (nSPS) is 29.2. The van der Waals surface area contributed by atoms with Crippen LogP contribution in [0.3, 0.4) is 0 Å². The van der Waals surface area contributed by atoms with Crippen LogP contribution in [0.5, 0.6) is 11.5 Å². The van der Waals surface area contributed by atoms with Gasteiger partial charge >= 0.3 is 0 Å². The van der Waals surface area contributed by atoms with Gasteiger partial charge in [0.05, 0.1) is 7.11 Å². The van der Waals surface area contributed by atoms with Crippen molar-refractivity contribution in [1.29, 1.82) is 0 Å². The fourth-order valence-electron chi connectivity index (χ4n) is 6.24. The molecule has 0 spiro atoms. The lowest BCUT2D eigenvalue weighted by Crippen LogP contribution is -2.54. The maximum Gasteiger partial charge on any atom is 0.163 e. The van der Waals surface area contributed by atoms with Crippen LogP contribution in [0.15, 0.2) is 36.4 Å². The number of nitrogens with one attached hydrogen (secondary N) is 1. The number of hydrogen-bond donors (Lipinski definition) is 1. The van der Waals surface area contributed by atoms with E-state index in [0.29, 0.717) is 34.2 Å². The smallest absolute Gasteiger partial charge is 0.163 e. The maximum absolute atomic E-state index is 6.64. The number of hydrogen-bond acceptors (Lipinski definition) is 3. The molecule has 6 rings (SSSR count). The summed E-state index contributed by atoms with van der Waals surface area (Å²) in [5.41, 5.74) is 2.00. The maximum atomic E-state index is 6.64. The lowest BCUT2D eigenvalue weighted by molar-refractivity contribution is -0.0142. The molecule has 2 aromatic carbocycles. The third-order valence-corrected chi connectivity index (χ3v) is 8.15. The highest BCUT2D eigenvalue weighted by molar-refractivity contribution is 6.31. The molecule has 4 saturated carbocycles. The van der Waals surface area contributed by atoms with Crippen molar-refractivity contribution in [3.63, 3.8) is 0 Å². The van der Waals surface area contributed by atoms with E-state index < -0.39 is 0 Å². The minimum atomic E-state index is 0.373. The summed E-state index contributed by atoms with van der Waals surface area (Å²) in [5.74, 6) is 5.02. The van der Waals surface area contributed by atoms with Gasteiger partial charge in [0.2, 0.25) is 0 Å². The molecule has 160 valence electrons. The molecule has 1 N–H and O–H groups in total. The van der Waals surface area contributed by atoms with E-state index in [1.165, 1.54) is 32.1 Å². The highest BCUT2D eigenvalue weighted by atomic mass is 35.5. The second-order valence-corrected chi connectivity index (χ2v) is 10.1. The van der Waals surface area contributed by atoms with E-state index in [1.807, 2.05) is 36.4 Å². The zero-order valence-corrected chi connectivity index (χ0v) is 18.9. The molecule has 0 aromatic heterocycles. The monoisotopic (exact) mass is 445 g/mol. The summed E-state index contributed by atoms with van der Waals surface area (Å²) in [6.45, 7) is 1.14. The zero-order chi connectivity index (χ0) is 20.7. The molecule has 4 aliphatic carbocycles. The minimum absolute atomic E-state index is 0.373. The van der Waals surface area contributed by atoms with Crippen molar-refractivity contribution in [1.82, 2.24) is 5.32 Å². The minimum Gasteiger partial charge on any atom is -0.493 e. The van der Waals surface area contributed by atoms with Crippen molar-refractivity contribution in [2.45, 2.75) is 51.3 Å². The average molecular weight is 446 g/mol. The van der Waals surface area contributed by atoms with Gasteiger partial charge in [0.1, 0.15) is 6.61 Å². The van der Waals surface area contributed by atoms with Crippen LogP contribution in [0.1, 0.15) is 43.2 Å². The molecule has 0 atom stereocenters. The Morgan fingerprint density at radius 2 is 1.57 bits per heavy atom. The van der Waals surface area contributed by atoms with Gasteiger partial charge in [-0.05, 0) is 73.5 Å². The van der Waals surface area contributed by atoms with E-state index in [2.05, 4.69) is 5.32 Å². The molecule has 4 aliphatic rings. The van der Waals surface area contributed by atoms with Crippen LogP contribution >= 0.6 is 23.2 Å². The molecule has 2 aromatic rings. The third kappa shape index (κ3) is 4.04. The van der Waals surface area contributed by atoms with Gasteiger partial charge in [-0.25, -0.2) is 0 Å². The van der Waals surface area contributed by atoms with E-state index in [-0.39, 0.29) is 0 Å². The highest BCUT2D eigenvalue weighted by Crippen LogP contribution is 2.53. The predicted octanol–water partition coefficient (Wildman–Crippen LogP) is 6.50. The molecule has 5 heteroatoms. The van der Waals surface area contributed by atoms with Crippen molar-refractivity contribution in [3.8, 4) is 11.5 Å². The third-order valence-electron chi connectivity index (χ3n) is 7.43. The van der Waals surface area contributed by atoms with Gasteiger partial charge in [-0.1, -0.05) is 41.4 Å². The standard InChI is InChI=1S/C25H29Cl2NO2/c1-29-23-11-20(13-28-25-18-7-15-6-16(9-18)10-19(25)8-15)22(27)12-24(23)30-14-17-4-2-3-5-21(17)26/h2-5,11-12,15-16,18-19,25,28H,6-10,13-14H2,1H3. The number of benzene rings is 2. The van der Waals surface area contributed by atoms with Gasteiger partial charge in [0.15, 0.2) is 11.5 Å². The fourth-order valence-corrected chi connectivity index (χ4v) is 6.65. The molecule has 4 fully saturated rings. The Labute approximate surface area is 189 Å². The van der Waals surface area contributed by atoms with Gasteiger partial charge < -0.3 is 14.8 Å². The summed E-state index contributed by atoms with van der Waals surface area (Å²) in [6, 6.07) is 12.2. The quantitative estimate of drug-likeness (QED) is 0.527. The van der Waals surface area contributed by atoms with Crippen molar-refractivity contribution in [2.75, 3.05) is 7.11 Å². The molecule has 0 unspecified atom stereocenters. The van der Waals surface area contributed by atoms with Gasteiger partial charge in [0, 0.05) is 34.3 Å². The number of ether oxygens (including phenoxy) is 2. The summed E-state index contributed by atoms with van der Waals surface area (Å²) in [4.78, 5) is 0. The van der Waals surface area contributed by atoms with E-state index in [1.54, 1.807) is 7.11 Å². The molecule has 30 heavy (non-hydrogen) atoms. The summed E-state index contributed by atoms with van der Waals surface area (Å²) < 4.78 is 11.6. The SMILES string of the molecule is COc1cc(CNC2C3CC4CC(C3)CC2C4)c(Cl)cc1OCc1ccccc1Cl. The molecule has 0 amide bonds. The molecule has 0 heterocycles. The topological polar surface area (TPSA) is 30.5 Å². The van der Waals surface area contributed by atoms with E-state index in [4.69, 9.17) is 32.7 Å². The van der Waals surface area contributed by atoms with E-state index in [9.17, 15) is 0 Å². The molecular weight excluding hydrogens is 417 g/mol. The van der Waals surface area contributed by atoms with Crippen LogP contribution in [0.2, 0.25) is 10.0 Å². The molecule has 0 saturated heterocycles. The molecule has 3 nitrogen and oxygen atoms in total. The largest absolute Gasteiger partial charge is 0.493 e. The number of methoxy groups -OCH3 is 1. The first-order valence-electron chi connectivity index (χ1n) is 11.1. The van der Waals surface area contributed by atoms with Crippen molar-refractivity contribution in [3.05, 3.63) is 57.6 Å². The van der Waals surface area contributed by atoms with Crippen LogP contribution in [-0.2, 0) is 13.2 Å². The Balaban J connectivity index is 1.26. The molecule has 0 radical (unpaired) electrons. The van der Waals surface area contributed by atoms with Crippen molar-refractivity contribution >= 4 is 23.2 Å². The first-order valence-corrected chi connectivity index (χ1v) is 11.8. The molecule has 4 bridgehead atoms. The molecule has 0 aliphatic heterocycles. The predicted molar refractivity (Wildman–Crippen MR) is 121 cm³/mol. The lowest BCUT2D eigenvalue weighted by atomic mass is 9.54. The second-order valence-electron chi connectivity index (χ2n) is 9.31. The Bertz CT molecular complexity index is 888.